The molecule has 0 amide bonds. The summed E-state index contributed by atoms with van der Waals surface area (Å²) in [6, 6.07) is 2.53. The van der Waals surface area contributed by atoms with E-state index in [0.717, 1.165) is 12.1 Å². The maximum atomic E-state index is 13.1. The van der Waals surface area contributed by atoms with Crippen molar-refractivity contribution < 1.29 is 19.0 Å². The number of hydrogen-bond acceptors (Lipinski definition) is 2. The fourth-order valence-corrected chi connectivity index (χ4v) is 1.32. The molecule has 0 radical (unpaired) electrons. The van der Waals surface area contributed by atoms with Crippen molar-refractivity contribution in [3.8, 4) is 5.75 Å². The minimum Gasteiger partial charge on any atom is -0.492 e. The molecular weight excluding hydrogens is 223 g/mol. The van der Waals surface area contributed by atoms with Gasteiger partial charge in [0.15, 0.2) is 11.6 Å². The highest BCUT2D eigenvalue weighted by Crippen LogP contribution is 2.31. The lowest BCUT2D eigenvalue weighted by molar-refractivity contribution is -0.131. The third kappa shape index (κ3) is 2.70. The van der Waals surface area contributed by atoms with E-state index in [9.17, 15) is 9.18 Å². The summed E-state index contributed by atoms with van der Waals surface area (Å²) in [5.74, 6) is -1.78. The molecule has 5 heteroatoms. The van der Waals surface area contributed by atoms with Gasteiger partial charge in [-0.1, -0.05) is 17.7 Å². The third-order valence-electron chi connectivity index (χ3n) is 1.69. The Balaban J connectivity index is 3.16. The average molecular weight is 231 g/mol. The Morgan fingerprint density at radius 3 is 2.80 bits per heavy atom. The molecule has 15 heavy (non-hydrogen) atoms. The van der Waals surface area contributed by atoms with E-state index in [2.05, 4.69) is 0 Å². The van der Waals surface area contributed by atoms with E-state index in [0.29, 0.717) is 5.56 Å². The average Bonchev–Trinajstić information content (AvgIpc) is 2.17. The lowest BCUT2D eigenvalue weighted by atomic mass is 10.2. The van der Waals surface area contributed by atoms with Crippen molar-refractivity contribution in [2.75, 3.05) is 7.11 Å². The third-order valence-corrected chi connectivity index (χ3v) is 2.08. The second-order valence-corrected chi connectivity index (χ2v) is 3.03. The number of benzene rings is 1. The van der Waals surface area contributed by atoms with Gasteiger partial charge in [-0.2, -0.15) is 0 Å². The normalized spacial score (nSPS) is 10.6. The molecule has 1 rings (SSSR count). The number of carboxylic acid groups (broad SMARTS) is 1. The van der Waals surface area contributed by atoms with Crippen LogP contribution in [0.25, 0.3) is 6.08 Å². The minimum atomic E-state index is -1.10. The molecule has 3 nitrogen and oxygen atoms in total. The molecule has 0 saturated carbocycles. The number of aliphatic carboxylic acids is 1. The SMILES string of the molecule is COc1c(F)ccc(C=CC(=O)O)c1Cl. The summed E-state index contributed by atoms with van der Waals surface area (Å²) in [5.41, 5.74) is 0.386. The van der Waals surface area contributed by atoms with Gasteiger partial charge in [-0.15, -0.1) is 0 Å². The molecular formula is C10H8ClFO3. The van der Waals surface area contributed by atoms with Crippen LogP contribution in [-0.2, 0) is 4.79 Å². The molecule has 0 aliphatic rings. The van der Waals surface area contributed by atoms with Crippen LogP contribution < -0.4 is 4.74 Å². The largest absolute Gasteiger partial charge is 0.492 e. The Morgan fingerprint density at radius 1 is 1.60 bits per heavy atom. The fraction of sp³-hybridized carbons (Fsp3) is 0.100. The number of carbonyl (C=O) groups is 1. The first kappa shape index (κ1) is 11.5. The van der Waals surface area contributed by atoms with Crippen molar-refractivity contribution in [2.45, 2.75) is 0 Å². The van der Waals surface area contributed by atoms with Gasteiger partial charge in [0.2, 0.25) is 0 Å². The quantitative estimate of drug-likeness (QED) is 0.812. The highest BCUT2D eigenvalue weighted by Gasteiger charge is 2.10. The molecule has 80 valence electrons. The van der Waals surface area contributed by atoms with E-state index >= 15 is 0 Å². The molecule has 1 aromatic rings. The Labute approximate surface area is 90.7 Å². The summed E-state index contributed by atoms with van der Waals surface area (Å²) in [4.78, 5) is 10.3. The summed E-state index contributed by atoms with van der Waals surface area (Å²) < 4.78 is 17.8. The maximum Gasteiger partial charge on any atom is 0.328 e. The standard InChI is InChI=1S/C10H8ClFO3/c1-15-10-7(12)4-2-6(9(10)11)3-5-8(13)14/h2-5H,1H3,(H,13,14). The molecule has 1 aromatic carbocycles. The minimum absolute atomic E-state index is 0.0509. The van der Waals surface area contributed by atoms with Crippen LogP contribution in [0, 0.1) is 5.82 Å². The zero-order chi connectivity index (χ0) is 11.4. The Morgan fingerprint density at radius 2 is 2.27 bits per heavy atom. The van der Waals surface area contributed by atoms with Crippen LogP contribution in [0.1, 0.15) is 5.56 Å². The van der Waals surface area contributed by atoms with Crippen LogP contribution in [0.3, 0.4) is 0 Å². The van der Waals surface area contributed by atoms with Gasteiger partial charge < -0.3 is 9.84 Å². The topological polar surface area (TPSA) is 46.5 Å². The van der Waals surface area contributed by atoms with Crippen LogP contribution in [0.15, 0.2) is 18.2 Å². The zero-order valence-corrected chi connectivity index (χ0v) is 8.58. The van der Waals surface area contributed by atoms with Crippen LogP contribution >= 0.6 is 11.6 Å². The number of halogens is 2. The summed E-state index contributed by atoms with van der Waals surface area (Å²) >= 11 is 5.79. The van der Waals surface area contributed by atoms with Gasteiger partial charge >= 0.3 is 5.97 Å². The lowest BCUT2D eigenvalue weighted by Crippen LogP contribution is -1.92. The van der Waals surface area contributed by atoms with E-state index in [1.165, 1.54) is 19.3 Å². The highest BCUT2D eigenvalue weighted by atomic mass is 35.5. The van der Waals surface area contributed by atoms with Crippen molar-refractivity contribution in [2.24, 2.45) is 0 Å². The van der Waals surface area contributed by atoms with E-state index in [1.807, 2.05) is 0 Å². The highest BCUT2D eigenvalue weighted by molar-refractivity contribution is 6.33. The molecule has 0 aromatic heterocycles. The Bertz CT molecular complexity index is 415. The van der Waals surface area contributed by atoms with Gasteiger partial charge in [0, 0.05) is 6.08 Å². The predicted octanol–water partition coefficient (Wildman–Crippen LogP) is 2.59. The first-order chi connectivity index (χ1) is 7.06. The van der Waals surface area contributed by atoms with Crippen molar-refractivity contribution in [3.05, 3.63) is 34.6 Å². The van der Waals surface area contributed by atoms with E-state index in [4.69, 9.17) is 21.4 Å². The van der Waals surface area contributed by atoms with Gasteiger partial charge in [-0.25, -0.2) is 9.18 Å². The Kier molecular flexibility index (Phi) is 3.68. The molecule has 0 unspecified atom stereocenters. The van der Waals surface area contributed by atoms with Gasteiger partial charge in [-0.05, 0) is 17.7 Å². The molecule has 0 bridgehead atoms. The van der Waals surface area contributed by atoms with Gasteiger partial charge in [-0.3, -0.25) is 0 Å². The predicted molar refractivity (Wildman–Crippen MR) is 54.6 cm³/mol. The first-order valence-corrected chi connectivity index (χ1v) is 4.37. The van der Waals surface area contributed by atoms with E-state index in [-0.39, 0.29) is 10.8 Å². The summed E-state index contributed by atoms with van der Waals surface area (Å²) in [7, 11) is 1.29. The van der Waals surface area contributed by atoms with Crippen LogP contribution in [0.5, 0.6) is 5.75 Å². The Hall–Kier alpha value is -1.55. The molecule has 0 aliphatic heterocycles. The monoisotopic (exact) mass is 230 g/mol. The molecule has 0 heterocycles. The zero-order valence-electron chi connectivity index (χ0n) is 7.83. The van der Waals surface area contributed by atoms with Crippen LogP contribution in [0.2, 0.25) is 5.02 Å². The molecule has 0 fully saturated rings. The van der Waals surface area contributed by atoms with E-state index < -0.39 is 11.8 Å². The summed E-state index contributed by atoms with van der Waals surface area (Å²) in [5, 5.41) is 8.46. The van der Waals surface area contributed by atoms with Gasteiger partial charge in [0.1, 0.15) is 0 Å². The number of rotatable bonds is 3. The summed E-state index contributed by atoms with van der Waals surface area (Å²) in [6.45, 7) is 0. The van der Waals surface area contributed by atoms with Crippen molar-refractivity contribution in [1.29, 1.82) is 0 Å². The molecule has 0 saturated heterocycles. The van der Waals surface area contributed by atoms with E-state index in [1.54, 1.807) is 0 Å². The van der Waals surface area contributed by atoms with Crippen LogP contribution in [0.4, 0.5) is 4.39 Å². The number of hydrogen-bond donors (Lipinski definition) is 1. The second kappa shape index (κ2) is 4.79. The number of carboxylic acids is 1. The fourth-order valence-electron chi connectivity index (χ4n) is 1.02. The van der Waals surface area contributed by atoms with Gasteiger partial charge in [0.25, 0.3) is 0 Å². The van der Waals surface area contributed by atoms with Crippen molar-refractivity contribution in [1.82, 2.24) is 0 Å². The van der Waals surface area contributed by atoms with Gasteiger partial charge in [0.05, 0.1) is 12.1 Å². The molecule has 0 atom stereocenters. The smallest absolute Gasteiger partial charge is 0.328 e. The van der Waals surface area contributed by atoms with Crippen molar-refractivity contribution in [3.63, 3.8) is 0 Å². The molecule has 0 aliphatic carbocycles. The maximum absolute atomic E-state index is 13.1. The second-order valence-electron chi connectivity index (χ2n) is 2.66. The number of ether oxygens (including phenoxy) is 1. The first-order valence-electron chi connectivity index (χ1n) is 3.99. The lowest BCUT2D eigenvalue weighted by Gasteiger charge is -2.06. The van der Waals surface area contributed by atoms with Crippen LogP contribution in [-0.4, -0.2) is 18.2 Å². The van der Waals surface area contributed by atoms with Crippen molar-refractivity contribution >= 4 is 23.6 Å². The summed E-state index contributed by atoms with van der Waals surface area (Å²) in [6.07, 6.45) is 2.19. The number of methoxy groups -OCH3 is 1. The molecule has 1 N–H and O–H groups in total. The molecule has 0 spiro atoms.